The van der Waals surface area contributed by atoms with E-state index in [1.54, 1.807) is 24.3 Å². The molecule has 1 fully saturated rings. The van der Waals surface area contributed by atoms with Crippen molar-refractivity contribution in [2.24, 2.45) is 11.7 Å². The minimum atomic E-state index is -1.04. The molecule has 0 bridgehead atoms. The van der Waals surface area contributed by atoms with Crippen LogP contribution in [0.4, 0.5) is 4.39 Å². The molecular formula is C23H30Cl2FN3O2. The first-order valence-corrected chi connectivity index (χ1v) is 10.5. The lowest BCUT2D eigenvalue weighted by Gasteiger charge is -2.46. The van der Waals surface area contributed by atoms with E-state index >= 15 is 0 Å². The summed E-state index contributed by atoms with van der Waals surface area (Å²) in [5.41, 5.74) is 6.44. The van der Waals surface area contributed by atoms with E-state index in [1.807, 2.05) is 20.2 Å². The number of carbonyl (C=O) groups is 1. The van der Waals surface area contributed by atoms with Crippen molar-refractivity contribution in [1.82, 2.24) is 9.80 Å². The van der Waals surface area contributed by atoms with Crippen LogP contribution in [-0.4, -0.2) is 61.1 Å². The first-order valence-electron chi connectivity index (χ1n) is 10.1. The summed E-state index contributed by atoms with van der Waals surface area (Å²) in [5.74, 6) is -0.887. The number of aliphatic hydroxyl groups is 1. The smallest absolute Gasteiger partial charge is 0.248 e. The molecule has 1 saturated heterocycles. The summed E-state index contributed by atoms with van der Waals surface area (Å²) in [6, 6.07) is 11.5. The number of benzene rings is 2. The lowest BCUT2D eigenvalue weighted by molar-refractivity contribution is -0.0843. The molecular weight excluding hydrogens is 440 g/mol. The van der Waals surface area contributed by atoms with Crippen molar-refractivity contribution >= 4 is 29.9 Å². The van der Waals surface area contributed by atoms with Gasteiger partial charge >= 0.3 is 0 Å². The van der Waals surface area contributed by atoms with Crippen LogP contribution in [0.25, 0.3) is 0 Å². The minimum absolute atomic E-state index is 0. The lowest BCUT2D eigenvalue weighted by atomic mass is 9.75. The molecule has 2 aromatic rings. The number of halogens is 3. The molecule has 1 aliphatic heterocycles. The molecule has 0 radical (unpaired) electrons. The Bertz CT molecular complexity index is 912. The Morgan fingerprint density at radius 3 is 2.71 bits per heavy atom. The van der Waals surface area contributed by atoms with Gasteiger partial charge in [0.1, 0.15) is 5.82 Å². The summed E-state index contributed by atoms with van der Waals surface area (Å²) in [7, 11) is 3.97. The summed E-state index contributed by atoms with van der Waals surface area (Å²) in [4.78, 5) is 16.0. The Morgan fingerprint density at radius 2 is 2.06 bits per heavy atom. The molecule has 1 heterocycles. The van der Waals surface area contributed by atoms with Gasteiger partial charge in [-0.3, -0.25) is 4.79 Å². The Morgan fingerprint density at radius 1 is 1.32 bits per heavy atom. The summed E-state index contributed by atoms with van der Waals surface area (Å²) in [5, 5.41) is 12.1. The molecule has 0 aliphatic carbocycles. The third kappa shape index (κ3) is 6.18. The van der Waals surface area contributed by atoms with Crippen LogP contribution in [0.15, 0.2) is 42.5 Å². The van der Waals surface area contributed by atoms with E-state index in [1.165, 1.54) is 12.1 Å². The van der Waals surface area contributed by atoms with Gasteiger partial charge in [-0.2, -0.15) is 0 Å². The van der Waals surface area contributed by atoms with Gasteiger partial charge < -0.3 is 20.6 Å². The Kier molecular flexibility index (Phi) is 8.86. The highest BCUT2D eigenvalue weighted by molar-refractivity contribution is 6.31. The second kappa shape index (κ2) is 10.7. The second-order valence-electron chi connectivity index (χ2n) is 8.36. The van der Waals surface area contributed by atoms with E-state index in [9.17, 15) is 14.3 Å². The Hall–Kier alpha value is -1.70. The van der Waals surface area contributed by atoms with Gasteiger partial charge in [0.15, 0.2) is 0 Å². The topological polar surface area (TPSA) is 69.8 Å². The fraction of sp³-hybridized carbons (Fsp3) is 0.435. The van der Waals surface area contributed by atoms with Crippen LogP contribution < -0.4 is 5.73 Å². The summed E-state index contributed by atoms with van der Waals surface area (Å²) in [6.07, 6.45) is 1.26. The van der Waals surface area contributed by atoms with Crippen molar-refractivity contribution in [2.75, 3.05) is 40.3 Å². The molecule has 0 saturated carbocycles. The molecule has 0 aromatic heterocycles. The van der Waals surface area contributed by atoms with Gasteiger partial charge in [0.05, 0.1) is 5.60 Å². The number of likely N-dealkylation sites (tertiary alicyclic amines) is 1. The number of hydrogen-bond donors (Lipinski definition) is 2. The highest BCUT2D eigenvalue weighted by Gasteiger charge is 2.43. The number of nitrogens with two attached hydrogens (primary N) is 1. The fourth-order valence-corrected chi connectivity index (χ4v) is 4.53. The first-order chi connectivity index (χ1) is 14.2. The van der Waals surface area contributed by atoms with Crippen LogP contribution >= 0.6 is 24.0 Å². The van der Waals surface area contributed by atoms with Crippen LogP contribution in [0.1, 0.15) is 27.9 Å². The van der Waals surface area contributed by atoms with Gasteiger partial charge in [0, 0.05) is 42.7 Å². The molecule has 31 heavy (non-hydrogen) atoms. The van der Waals surface area contributed by atoms with E-state index in [0.717, 1.165) is 17.7 Å². The molecule has 2 atom stereocenters. The molecule has 2 unspecified atom stereocenters. The number of rotatable bonds is 7. The van der Waals surface area contributed by atoms with Crippen molar-refractivity contribution in [3.8, 4) is 0 Å². The average Bonchev–Trinajstić information content (AvgIpc) is 2.69. The van der Waals surface area contributed by atoms with Crippen LogP contribution in [0, 0.1) is 11.7 Å². The van der Waals surface area contributed by atoms with Crippen molar-refractivity contribution in [3.63, 3.8) is 0 Å². The molecule has 3 rings (SSSR count). The van der Waals surface area contributed by atoms with Crippen molar-refractivity contribution in [2.45, 2.75) is 18.4 Å². The molecule has 1 aliphatic rings. The maximum atomic E-state index is 13.3. The molecule has 8 heteroatoms. The van der Waals surface area contributed by atoms with E-state index < -0.39 is 11.5 Å². The van der Waals surface area contributed by atoms with E-state index in [-0.39, 0.29) is 24.1 Å². The van der Waals surface area contributed by atoms with Gasteiger partial charge in [0.25, 0.3) is 0 Å². The standard InChI is InChI=1S/C23H29ClFN3O2.ClH/c1-27(2)14-19-15-28(10-8-16-6-7-20(25)13-21(16)24)11-9-23(19,30)18-5-3-4-17(12-18)22(26)29;/h3-7,12-13,19,30H,8-11,14-15H2,1-2H3,(H2,26,29);1H. The zero-order chi connectivity index (χ0) is 21.9. The predicted molar refractivity (Wildman–Crippen MR) is 124 cm³/mol. The average molecular weight is 470 g/mol. The zero-order valence-electron chi connectivity index (χ0n) is 17.9. The largest absolute Gasteiger partial charge is 0.385 e. The maximum Gasteiger partial charge on any atom is 0.248 e. The summed E-state index contributed by atoms with van der Waals surface area (Å²) < 4.78 is 13.3. The third-order valence-corrected chi connectivity index (χ3v) is 6.26. The highest BCUT2D eigenvalue weighted by atomic mass is 35.5. The molecule has 3 N–H and O–H groups in total. The fourth-order valence-electron chi connectivity index (χ4n) is 4.26. The Labute approximate surface area is 194 Å². The van der Waals surface area contributed by atoms with E-state index in [0.29, 0.717) is 43.1 Å². The van der Waals surface area contributed by atoms with Gasteiger partial charge in [-0.25, -0.2) is 4.39 Å². The number of nitrogens with zero attached hydrogens (tertiary/aromatic N) is 2. The van der Waals surface area contributed by atoms with Gasteiger partial charge in [-0.05, 0) is 62.3 Å². The monoisotopic (exact) mass is 469 g/mol. The molecule has 2 aromatic carbocycles. The van der Waals surface area contributed by atoms with E-state index in [4.69, 9.17) is 17.3 Å². The van der Waals surface area contributed by atoms with Crippen LogP contribution in [-0.2, 0) is 12.0 Å². The molecule has 170 valence electrons. The minimum Gasteiger partial charge on any atom is -0.385 e. The van der Waals surface area contributed by atoms with Gasteiger partial charge in [-0.15, -0.1) is 12.4 Å². The van der Waals surface area contributed by atoms with Crippen LogP contribution in [0.2, 0.25) is 5.02 Å². The number of amides is 1. The molecule has 5 nitrogen and oxygen atoms in total. The third-order valence-electron chi connectivity index (χ3n) is 5.91. The first kappa shape index (κ1) is 25.6. The van der Waals surface area contributed by atoms with E-state index in [2.05, 4.69) is 9.80 Å². The second-order valence-corrected chi connectivity index (χ2v) is 8.77. The normalized spacial score (nSPS) is 21.7. The lowest BCUT2D eigenvalue weighted by Crippen LogP contribution is -2.53. The number of piperidine rings is 1. The zero-order valence-corrected chi connectivity index (χ0v) is 19.4. The van der Waals surface area contributed by atoms with Gasteiger partial charge in [0.2, 0.25) is 5.91 Å². The molecule has 0 spiro atoms. The maximum absolute atomic E-state index is 13.3. The number of carbonyl (C=O) groups excluding carboxylic acids is 1. The van der Waals surface area contributed by atoms with Crippen molar-refractivity contribution < 1.29 is 14.3 Å². The van der Waals surface area contributed by atoms with Crippen LogP contribution in [0.3, 0.4) is 0 Å². The van der Waals surface area contributed by atoms with Crippen molar-refractivity contribution in [3.05, 3.63) is 70.0 Å². The number of primary amides is 1. The molecule has 1 amide bonds. The summed E-state index contributed by atoms with van der Waals surface area (Å²) >= 11 is 6.17. The highest BCUT2D eigenvalue weighted by Crippen LogP contribution is 2.38. The number of hydrogen-bond acceptors (Lipinski definition) is 4. The Balaban J connectivity index is 0.00000341. The quantitative estimate of drug-likeness (QED) is 0.652. The SMILES string of the molecule is CN(C)CC1CN(CCc2ccc(F)cc2Cl)CCC1(O)c1cccc(C(N)=O)c1.Cl. The van der Waals surface area contributed by atoms with Crippen molar-refractivity contribution in [1.29, 1.82) is 0 Å². The van der Waals surface area contributed by atoms with Crippen LogP contribution in [0.5, 0.6) is 0 Å². The van der Waals surface area contributed by atoms with Gasteiger partial charge in [-0.1, -0.05) is 29.8 Å². The predicted octanol–water partition coefficient (Wildman–Crippen LogP) is 3.31. The summed E-state index contributed by atoms with van der Waals surface area (Å²) in [6.45, 7) is 2.88.